The Morgan fingerprint density at radius 2 is 2.14 bits per heavy atom. The summed E-state index contributed by atoms with van der Waals surface area (Å²) in [5, 5.41) is 7.22. The minimum atomic E-state index is 0.226. The Kier molecular flexibility index (Phi) is 2.26. The highest BCUT2D eigenvalue weighted by Crippen LogP contribution is 2.40. The predicted molar refractivity (Wildman–Crippen MR) is 59.0 cm³/mol. The van der Waals surface area contributed by atoms with Crippen LogP contribution in [0.1, 0.15) is 51.8 Å². The van der Waals surface area contributed by atoms with Crippen LogP contribution in [0.2, 0.25) is 0 Å². The van der Waals surface area contributed by atoms with E-state index in [0.717, 1.165) is 10.6 Å². The molecule has 1 heterocycles. The van der Waals surface area contributed by atoms with Gasteiger partial charge in [-0.3, -0.25) is 9.67 Å². The second-order valence-electron chi connectivity index (χ2n) is 4.73. The third-order valence-electron chi connectivity index (χ3n) is 3.19. The molecule has 1 aromatic rings. The van der Waals surface area contributed by atoms with Crippen LogP contribution in [0.15, 0.2) is 0 Å². The maximum atomic E-state index is 5.29. The summed E-state index contributed by atoms with van der Waals surface area (Å²) < 4.78 is 2.99. The Morgan fingerprint density at radius 3 is 2.57 bits per heavy atom. The third-order valence-corrected chi connectivity index (χ3v) is 3.46. The van der Waals surface area contributed by atoms with Crippen LogP contribution in [0.5, 0.6) is 0 Å². The van der Waals surface area contributed by atoms with Crippen molar-refractivity contribution in [2.24, 2.45) is 0 Å². The summed E-state index contributed by atoms with van der Waals surface area (Å²) in [6.07, 6.45) is 3.75. The van der Waals surface area contributed by atoms with Crippen LogP contribution in [0.4, 0.5) is 0 Å². The SMILES string of the molecule is CC(C)c1n[nH]c(=S)n1C1(C)CCC1. The second-order valence-corrected chi connectivity index (χ2v) is 5.11. The molecule has 1 aliphatic rings. The van der Waals surface area contributed by atoms with Crippen molar-refractivity contribution in [3.8, 4) is 0 Å². The number of aromatic amines is 1. The standard InChI is InChI=1S/C10H17N3S/c1-7(2)8-11-12-9(14)13(8)10(3)5-4-6-10/h7H,4-6H2,1-3H3,(H,12,14). The lowest BCUT2D eigenvalue weighted by molar-refractivity contribution is 0.160. The second kappa shape index (κ2) is 3.19. The molecule has 0 atom stereocenters. The van der Waals surface area contributed by atoms with Crippen molar-refractivity contribution in [1.82, 2.24) is 14.8 Å². The van der Waals surface area contributed by atoms with E-state index in [-0.39, 0.29) is 5.54 Å². The molecule has 0 saturated heterocycles. The Labute approximate surface area is 89.5 Å². The number of H-pyrrole nitrogens is 1. The lowest BCUT2D eigenvalue weighted by Crippen LogP contribution is -2.38. The van der Waals surface area contributed by atoms with E-state index in [0.29, 0.717) is 5.92 Å². The molecule has 0 unspecified atom stereocenters. The predicted octanol–water partition coefficient (Wildman–Crippen LogP) is 2.96. The van der Waals surface area contributed by atoms with E-state index in [1.165, 1.54) is 19.3 Å². The molecular weight excluding hydrogens is 194 g/mol. The molecule has 0 aliphatic heterocycles. The highest BCUT2D eigenvalue weighted by atomic mass is 32.1. The van der Waals surface area contributed by atoms with E-state index in [1.807, 2.05) is 0 Å². The summed E-state index contributed by atoms with van der Waals surface area (Å²) in [5.74, 6) is 1.53. The normalized spacial score (nSPS) is 19.7. The zero-order valence-corrected chi connectivity index (χ0v) is 9.82. The van der Waals surface area contributed by atoms with Gasteiger partial charge in [0.15, 0.2) is 4.77 Å². The number of hydrogen-bond acceptors (Lipinski definition) is 2. The molecule has 1 fully saturated rings. The lowest BCUT2D eigenvalue weighted by atomic mass is 9.78. The molecule has 1 N–H and O–H groups in total. The van der Waals surface area contributed by atoms with Gasteiger partial charge in [-0.25, -0.2) is 0 Å². The summed E-state index contributed by atoms with van der Waals surface area (Å²) in [6, 6.07) is 0. The van der Waals surface area contributed by atoms with Crippen molar-refractivity contribution in [1.29, 1.82) is 0 Å². The minimum Gasteiger partial charge on any atom is -0.298 e. The van der Waals surface area contributed by atoms with Crippen molar-refractivity contribution in [3.63, 3.8) is 0 Å². The largest absolute Gasteiger partial charge is 0.298 e. The van der Waals surface area contributed by atoms with Gasteiger partial charge < -0.3 is 0 Å². The molecule has 0 bridgehead atoms. The van der Waals surface area contributed by atoms with Crippen LogP contribution in [-0.2, 0) is 5.54 Å². The number of hydrogen-bond donors (Lipinski definition) is 1. The van der Waals surface area contributed by atoms with Gasteiger partial charge in [-0.2, -0.15) is 5.10 Å². The van der Waals surface area contributed by atoms with Crippen molar-refractivity contribution in [2.45, 2.75) is 51.5 Å². The fourth-order valence-corrected chi connectivity index (χ4v) is 2.49. The van der Waals surface area contributed by atoms with Gasteiger partial charge in [0.2, 0.25) is 0 Å². The van der Waals surface area contributed by atoms with Gasteiger partial charge in [-0.05, 0) is 38.4 Å². The van der Waals surface area contributed by atoms with Gasteiger partial charge in [0.05, 0.1) is 0 Å². The molecule has 0 radical (unpaired) electrons. The molecule has 0 amide bonds. The number of nitrogens with zero attached hydrogens (tertiary/aromatic N) is 2. The van der Waals surface area contributed by atoms with E-state index in [4.69, 9.17) is 12.2 Å². The molecule has 78 valence electrons. The Balaban J connectivity index is 2.50. The van der Waals surface area contributed by atoms with Crippen LogP contribution in [0.25, 0.3) is 0 Å². The molecule has 3 nitrogen and oxygen atoms in total. The zero-order chi connectivity index (χ0) is 10.3. The van der Waals surface area contributed by atoms with Gasteiger partial charge in [0, 0.05) is 11.5 Å². The van der Waals surface area contributed by atoms with E-state index in [2.05, 4.69) is 35.5 Å². The summed E-state index contributed by atoms with van der Waals surface area (Å²) in [5.41, 5.74) is 0.226. The molecule has 0 aromatic carbocycles. The van der Waals surface area contributed by atoms with Crippen LogP contribution >= 0.6 is 12.2 Å². The van der Waals surface area contributed by atoms with E-state index >= 15 is 0 Å². The van der Waals surface area contributed by atoms with Crippen molar-refractivity contribution in [2.75, 3.05) is 0 Å². The average molecular weight is 211 g/mol. The fourth-order valence-electron chi connectivity index (χ4n) is 2.13. The maximum Gasteiger partial charge on any atom is 0.195 e. The molecule has 4 heteroatoms. The first-order valence-electron chi connectivity index (χ1n) is 5.22. The molecule has 14 heavy (non-hydrogen) atoms. The van der Waals surface area contributed by atoms with Crippen molar-refractivity contribution >= 4 is 12.2 Å². The first-order chi connectivity index (χ1) is 6.54. The van der Waals surface area contributed by atoms with E-state index in [9.17, 15) is 0 Å². The molecule has 1 saturated carbocycles. The Morgan fingerprint density at radius 1 is 1.50 bits per heavy atom. The van der Waals surface area contributed by atoms with Gasteiger partial charge in [0.25, 0.3) is 0 Å². The van der Waals surface area contributed by atoms with E-state index < -0.39 is 0 Å². The smallest absolute Gasteiger partial charge is 0.195 e. The molecular formula is C10H17N3S. The minimum absolute atomic E-state index is 0.226. The van der Waals surface area contributed by atoms with Crippen molar-refractivity contribution < 1.29 is 0 Å². The molecule has 2 rings (SSSR count). The molecule has 0 spiro atoms. The highest BCUT2D eigenvalue weighted by Gasteiger charge is 2.36. The third kappa shape index (κ3) is 1.32. The molecule has 1 aliphatic carbocycles. The monoisotopic (exact) mass is 211 g/mol. The van der Waals surface area contributed by atoms with E-state index in [1.54, 1.807) is 0 Å². The topological polar surface area (TPSA) is 33.6 Å². The maximum absolute atomic E-state index is 5.29. The van der Waals surface area contributed by atoms with Crippen molar-refractivity contribution in [3.05, 3.63) is 10.6 Å². The summed E-state index contributed by atoms with van der Waals surface area (Å²) in [6.45, 7) is 6.58. The van der Waals surface area contributed by atoms with Crippen LogP contribution in [0.3, 0.4) is 0 Å². The summed E-state index contributed by atoms with van der Waals surface area (Å²) >= 11 is 5.29. The van der Waals surface area contributed by atoms with Crippen LogP contribution in [-0.4, -0.2) is 14.8 Å². The average Bonchev–Trinajstić information content (AvgIpc) is 2.43. The molecule has 1 aromatic heterocycles. The quantitative estimate of drug-likeness (QED) is 0.763. The highest BCUT2D eigenvalue weighted by molar-refractivity contribution is 7.71. The van der Waals surface area contributed by atoms with Gasteiger partial charge in [-0.1, -0.05) is 13.8 Å². The van der Waals surface area contributed by atoms with Gasteiger partial charge in [-0.15, -0.1) is 0 Å². The fraction of sp³-hybridized carbons (Fsp3) is 0.800. The Hall–Kier alpha value is -0.640. The number of aromatic nitrogens is 3. The summed E-state index contributed by atoms with van der Waals surface area (Å²) in [4.78, 5) is 0. The zero-order valence-electron chi connectivity index (χ0n) is 9.00. The van der Waals surface area contributed by atoms with Crippen LogP contribution in [0, 0.1) is 4.77 Å². The lowest BCUT2D eigenvalue weighted by Gasteiger charge is -2.40. The van der Waals surface area contributed by atoms with Gasteiger partial charge in [0.1, 0.15) is 5.82 Å². The van der Waals surface area contributed by atoms with Gasteiger partial charge >= 0.3 is 0 Å². The van der Waals surface area contributed by atoms with Crippen LogP contribution < -0.4 is 0 Å². The first kappa shape index (κ1) is 9.90. The first-order valence-corrected chi connectivity index (χ1v) is 5.63. The number of nitrogens with one attached hydrogen (secondary N) is 1. The number of rotatable bonds is 2. The Bertz CT molecular complexity index is 384. The summed E-state index contributed by atoms with van der Waals surface area (Å²) in [7, 11) is 0.